The Bertz CT molecular complexity index is 660. The van der Waals surface area contributed by atoms with E-state index in [1.807, 2.05) is 0 Å². The molecule has 0 saturated heterocycles. The molecule has 20 heavy (non-hydrogen) atoms. The van der Waals surface area contributed by atoms with Crippen molar-refractivity contribution in [1.29, 1.82) is 0 Å². The fourth-order valence-corrected chi connectivity index (χ4v) is 1.96. The summed E-state index contributed by atoms with van der Waals surface area (Å²) in [7, 11) is 0. The molecule has 0 aliphatic carbocycles. The second-order valence-corrected chi connectivity index (χ2v) is 4.43. The number of hydrogen-bond acceptors (Lipinski definition) is 1. The van der Waals surface area contributed by atoms with E-state index in [9.17, 15) is 18.0 Å². The van der Waals surface area contributed by atoms with E-state index in [0.717, 1.165) is 23.8 Å². The fourth-order valence-electron chi connectivity index (χ4n) is 1.96. The van der Waals surface area contributed by atoms with E-state index in [4.69, 9.17) is 5.11 Å². The minimum Gasteiger partial charge on any atom is -0.478 e. The highest BCUT2D eigenvalue weighted by atomic mass is 19.4. The van der Waals surface area contributed by atoms with Gasteiger partial charge in [-0.05, 0) is 36.2 Å². The van der Waals surface area contributed by atoms with Crippen LogP contribution >= 0.6 is 0 Å². The summed E-state index contributed by atoms with van der Waals surface area (Å²) in [6.45, 7) is 1.79. The molecule has 0 aliphatic rings. The zero-order valence-corrected chi connectivity index (χ0v) is 10.5. The lowest BCUT2D eigenvalue weighted by atomic mass is 9.96. The van der Waals surface area contributed by atoms with E-state index in [1.165, 1.54) is 0 Å². The Labute approximate surface area is 113 Å². The second kappa shape index (κ2) is 5.00. The van der Waals surface area contributed by atoms with Crippen LogP contribution in [0.4, 0.5) is 13.2 Å². The molecule has 1 N–H and O–H groups in total. The molecule has 2 aromatic rings. The van der Waals surface area contributed by atoms with Gasteiger partial charge < -0.3 is 5.11 Å². The maximum atomic E-state index is 12.7. The van der Waals surface area contributed by atoms with Crippen LogP contribution in [0.5, 0.6) is 0 Å². The van der Waals surface area contributed by atoms with Gasteiger partial charge in [0, 0.05) is 0 Å². The molecule has 5 heteroatoms. The molecular formula is C15H11F3O2. The van der Waals surface area contributed by atoms with Crippen molar-refractivity contribution < 1.29 is 23.1 Å². The molecule has 2 nitrogen and oxygen atoms in total. The predicted octanol–water partition coefficient (Wildman–Crippen LogP) is 4.38. The van der Waals surface area contributed by atoms with Crippen LogP contribution in [-0.2, 0) is 6.18 Å². The predicted molar refractivity (Wildman–Crippen MR) is 68.6 cm³/mol. The van der Waals surface area contributed by atoms with Gasteiger partial charge in [0.1, 0.15) is 0 Å². The van der Waals surface area contributed by atoms with Crippen molar-refractivity contribution in [2.24, 2.45) is 0 Å². The van der Waals surface area contributed by atoms with Crippen molar-refractivity contribution in [3.05, 3.63) is 59.2 Å². The van der Waals surface area contributed by atoms with E-state index < -0.39 is 17.7 Å². The van der Waals surface area contributed by atoms with Gasteiger partial charge in [0.2, 0.25) is 0 Å². The summed E-state index contributed by atoms with van der Waals surface area (Å²) >= 11 is 0. The van der Waals surface area contributed by atoms with E-state index in [1.54, 1.807) is 31.2 Å². The summed E-state index contributed by atoms with van der Waals surface area (Å²) < 4.78 is 38.2. The quantitative estimate of drug-likeness (QED) is 0.886. The summed E-state index contributed by atoms with van der Waals surface area (Å²) in [5.41, 5.74) is 0.350. The number of rotatable bonds is 2. The lowest BCUT2D eigenvalue weighted by Crippen LogP contribution is -2.07. The maximum absolute atomic E-state index is 12.7. The molecule has 0 unspecified atom stereocenters. The number of carboxylic acid groups (broad SMARTS) is 1. The Hall–Kier alpha value is -2.30. The van der Waals surface area contributed by atoms with Crippen molar-refractivity contribution in [2.75, 3.05) is 0 Å². The monoisotopic (exact) mass is 280 g/mol. The standard InChI is InChI=1S/C15H11F3O2/c1-9-3-2-4-10(7-9)13-8-11(15(16,17)18)5-6-12(13)14(19)20/h2-8H,1H3,(H,19,20). The lowest BCUT2D eigenvalue weighted by molar-refractivity contribution is -0.137. The van der Waals surface area contributed by atoms with E-state index in [0.29, 0.717) is 5.56 Å². The Kier molecular flexibility index (Phi) is 3.53. The molecule has 0 saturated carbocycles. The van der Waals surface area contributed by atoms with Crippen molar-refractivity contribution in [2.45, 2.75) is 13.1 Å². The Morgan fingerprint density at radius 1 is 1.10 bits per heavy atom. The minimum atomic E-state index is -4.50. The van der Waals surface area contributed by atoms with E-state index >= 15 is 0 Å². The molecule has 0 spiro atoms. The van der Waals surface area contributed by atoms with Crippen LogP contribution in [0.3, 0.4) is 0 Å². The molecule has 104 valence electrons. The zero-order chi connectivity index (χ0) is 14.9. The first-order valence-electron chi connectivity index (χ1n) is 5.80. The Balaban J connectivity index is 2.67. The molecule has 0 heterocycles. The number of aromatic carboxylic acids is 1. The average molecular weight is 280 g/mol. The van der Waals surface area contributed by atoms with Crippen LogP contribution < -0.4 is 0 Å². The largest absolute Gasteiger partial charge is 0.478 e. The van der Waals surface area contributed by atoms with Crippen LogP contribution in [-0.4, -0.2) is 11.1 Å². The van der Waals surface area contributed by atoms with Crippen molar-refractivity contribution in [1.82, 2.24) is 0 Å². The zero-order valence-electron chi connectivity index (χ0n) is 10.5. The van der Waals surface area contributed by atoms with Gasteiger partial charge in [-0.25, -0.2) is 4.79 Å². The molecule has 0 aliphatic heterocycles. The average Bonchev–Trinajstić information content (AvgIpc) is 2.37. The molecule has 2 aromatic carbocycles. The van der Waals surface area contributed by atoms with Crippen LogP contribution in [0.2, 0.25) is 0 Å². The summed E-state index contributed by atoms with van der Waals surface area (Å²) in [5.74, 6) is -1.25. The number of benzene rings is 2. The SMILES string of the molecule is Cc1cccc(-c2cc(C(F)(F)F)ccc2C(=O)O)c1. The molecular weight excluding hydrogens is 269 g/mol. The number of hydrogen-bond donors (Lipinski definition) is 1. The minimum absolute atomic E-state index is 0.0658. The van der Waals surface area contributed by atoms with Gasteiger partial charge in [0.05, 0.1) is 11.1 Å². The number of carboxylic acids is 1. The van der Waals surface area contributed by atoms with Gasteiger partial charge in [-0.3, -0.25) is 0 Å². The van der Waals surface area contributed by atoms with Crippen LogP contribution in [0, 0.1) is 6.92 Å². The van der Waals surface area contributed by atoms with E-state index in [-0.39, 0.29) is 11.1 Å². The molecule has 0 atom stereocenters. The highest BCUT2D eigenvalue weighted by molar-refractivity contribution is 5.96. The summed E-state index contributed by atoms with van der Waals surface area (Å²) in [4.78, 5) is 11.2. The smallest absolute Gasteiger partial charge is 0.416 e. The summed E-state index contributed by atoms with van der Waals surface area (Å²) in [5, 5.41) is 9.11. The highest BCUT2D eigenvalue weighted by Crippen LogP contribution is 2.34. The topological polar surface area (TPSA) is 37.3 Å². The van der Waals surface area contributed by atoms with Gasteiger partial charge in [0.25, 0.3) is 0 Å². The van der Waals surface area contributed by atoms with Crippen LogP contribution in [0.1, 0.15) is 21.5 Å². The number of alkyl halides is 3. The molecule has 0 radical (unpaired) electrons. The third-order valence-corrected chi connectivity index (χ3v) is 2.91. The first kappa shape index (κ1) is 14.1. The van der Waals surface area contributed by atoms with Gasteiger partial charge in [0.15, 0.2) is 0 Å². The van der Waals surface area contributed by atoms with Crippen LogP contribution in [0.15, 0.2) is 42.5 Å². The fraction of sp³-hybridized carbons (Fsp3) is 0.133. The Morgan fingerprint density at radius 3 is 2.35 bits per heavy atom. The third-order valence-electron chi connectivity index (χ3n) is 2.91. The summed E-state index contributed by atoms with van der Waals surface area (Å²) in [6.07, 6.45) is -4.50. The normalized spacial score (nSPS) is 11.4. The van der Waals surface area contributed by atoms with Crippen molar-refractivity contribution in [3.8, 4) is 11.1 Å². The van der Waals surface area contributed by atoms with Gasteiger partial charge >= 0.3 is 12.1 Å². The third kappa shape index (κ3) is 2.82. The number of aryl methyl sites for hydroxylation is 1. The van der Waals surface area contributed by atoms with E-state index in [2.05, 4.69) is 0 Å². The van der Waals surface area contributed by atoms with Crippen LogP contribution in [0.25, 0.3) is 11.1 Å². The highest BCUT2D eigenvalue weighted by Gasteiger charge is 2.31. The van der Waals surface area contributed by atoms with Gasteiger partial charge in [-0.2, -0.15) is 13.2 Å². The molecule has 0 aromatic heterocycles. The maximum Gasteiger partial charge on any atom is 0.416 e. The first-order chi connectivity index (χ1) is 9.29. The molecule has 0 fully saturated rings. The lowest BCUT2D eigenvalue weighted by Gasteiger charge is -2.12. The van der Waals surface area contributed by atoms with Gasteiger partial charge in [-0.15, -0.1) is 0 Å². The second-order valence-electron chi connectivity index (χ2n) is 4.43. The number of carbonyl (C=O) groups is 1. The number of halogens is 3. The molecule has 0 bridgehead atoms. The summed E-state index contributed by atoms with van der Waals surface area (Å²) in [6, 6.07) is 9.36. The molecule has 2 rings (SSSR count). The first-order valence-corrected chi connectivity index (χ1v) is 5.80. The van der Waals surface area contributed by atoms with Crippen molar-refractivity contribution >= 4 is 5.97 Å². The van der Waals surface area contributed by atoms with Gasteiger partial charge in [-0.1, -0.05) is 29.8 Å². The van der Waals surface area contributed by atoms with Crippen molar-refractivity contribution in [3.63, 3.8) is 0 Å². The Morgan fingerprint density at radius 2 is 1.80 bits per heavy atom. The molecule has 0 amide bonds.